The van der Waals surface area contributed by atoms with Crippen molar-refractivity contribution in [3.8, 4) is 0 Å². The molecule has 7 nitrogen and oxygen atoms in total. The van der Waals surface area contributed by atoms with E-state index in [1.807, 2.05) is 24.3 Å². The van der Waals surface area contributed by atoms with Crippen LogP contribution in [-0.2, 0) is 30.3 Å². The maximum Gasteiger partial charge on any atom is 0.308 e. The first kappa shape index (κ1) is 18.7. The molecule has 0 N–H and O–H groups in total. The van der Waals surface area contributed by atoms with E-state index in [4.69, 9.17) is 4.74 Å². The lowest BCUT2D eigenvalue weighted by molar-refractivity contribution is -0.149. The zero-order valence-electron chi connectivity index (χ0n) is 15.8. The Kier molecular flexibility index (Phi) is 5.15. The van der Waals surface area contributed by atoms with Gasteiger partial charge in [0.15, 0.2) is 6.61 Å². The lowest BCUT2D eigenvalue weighted by Gasteiger charge is -2.19. The van der Waals surface area contributed by atoms with Gasteiger partial charge in [-0.1, -0.05) is 31.0 Å². The summed E-state index contributed by atoms with van der Waals surface area (Å²) in [7, 11) is 0. The molecule has 0 aromatic heterocycles. The smallest absolute Gasteiger partial charge is 0.308 e. The van der Waals surface area contributed by atoms with Crippen LogP contribution in [0.2, 0.25) is 0 Å². The minimum absolute atomic E-state index is 0.0320. The fourth-order valence-electron chi connectivity index (χ4n) is 4.54. The Morgan fingerprint density at radius 3 is 2.43 bits per heavy atom. The van der Waals surface area contributed by atoms with Crippen molar-refractivity contribution in [3.05, 3.63) is 29.8 Å². The van der Waals surface area contributed by atoms with E-state index in [1.54, 1.807) is 4.90 Å². The number of nitrogens with zero attached hydrogens (tertiary/aromatic N) is 2. The first-order valence-corrected chi connectivity index (χ1v) is 9.95. The summed E-state index contributed by atoms with van der Waals surface area (Å²) in [4.78, 5) is 52.1. The zero-order valence-corrected chi connectivity index (χ0v) is 15.8. The summed E-state index contributed by atoms with van der Waals surface area (Å²) in [5.74, 6) is -1.59. The Labute approximate surface area is 163 Å². The number of carbonyl (C=O) groups is 4. The maximum atomic E-state index is 12.4. The van der Waals surface area contributed by atoms with Gasteiger partial charge >= 0.3 is 5.97 Å². The lowest BCUT2D eigenvalue weighted by Crippen LogP contribution is -2.35. The normalized spacial score (nSPS) is 23.6. The third-order valence-electron chi connectivity index (χ3n) is 6.02. The SMILES string of the molecule is O=C(CCN1C(=O)[C@H]2CCCC[C@H]2C1=O)OCC(=O)N1CCc2ccccc21. The van der Waals surface area contributed by atoms with Gasteiger partial charge in [-0.2, -0.15) is 0 Å². The van der Waals surface area contributed by atoms with E-state index in [2.05, 4.69) is 0 Å². The van der Waals surface area contributed by atoms with Crippen molar-refractivity contribution in [1.29, 1.82) is 0 Å². The molecule has 0 radical (unpaired) electrons. The molecule has 1 saturated heterocycles. The Balaban J connectivity index is 1.26. The van der Waals surface area contributed by atoms with Crippen molar-refractivity contribution < 1.29 is 23.9 Å². The Hall–Kier alpha value is -2.70. The predicted octanol–water partition coefficient (Wildman–Crippen LogP) is 1.68. The van der Waals surface area contributed by atoms with Crippen molar-refractivity contribution in [2.24, 2.45) is 11.8 Å². The highest BCUT2D eigenvalue weighted by Gasteiger charge is 2.47. The highest BCUT2D eigenvalue weighted by molar-refractivity contribution is 6.05. The molecule has 28 heavy (non-hydrogen) atoms. The standard InChI is InChI=1S/C21H24N2O5/c24-18(22-11-9-14-5-1-4-8-17(14)22)13-28-19(25)10-12-23-20(26)15-6-2-3-7-16(15)21(23)27/h1,4-5,8,15-16H,2-3,6-7,9-13H2/t15-,16+. The number of esters is 1. The molecule has 4 rings (SSSR count). The average Bonchev–Trinajstić information content (AvgIpc) is 3.25. The van der Waals surface area contributed by atoms with Gasteiger partial charge in [-0.3, -0.25) is 24.1 Å². The fraction of sp³-hybridized carbons (Fsp3) is 0.524. The molecule has 2 atom stereocenters. The Morgan fingerprint density at radius 1 is 1.04 bits per heavy atom. The van der Waals surface area contributed by atoms with Crippen LogP contribution in [0.25, 0.3) is 0 Å². The molecule has 2 heterocycles. The molecule has 0 bridgehead atoms. The molecular weight excluding hydrogens is 360 g/mol. The van der Waals surface area contributed by atoms with Gasteiger partial charge in [0.05, 0.1) is 18.3 Å². The van der Waals surface area contributed by atoms with Crippen LogP contribution in [0.5, 0.6) is 0 Å². The largest absolute Gasteiger partial charge is 0.455 e. The molecule has 1 aromatic rings. The van der Waals surface area contributed by atoms with Crippen molar-refractivity contribution in [2.45, 2.75) is 38.5 Å². The van der Waals surface area contributed by atoms with Gasteiger partial charge in [-0.15, -0.1) is 0 Å². The quantitative estimate of drug-likeness (QED) is 0.570. The van der Waals surface area contributed by atoms with E-state index in [0.717, 1.165) is 43.4 Å². The summed E-state index contributed by atoms with van der Waals surface area (Å²) in [6, 6.07) is 7.67. The molecule has 1 saturated carbocycles. The number of likely N-dealkylation sites (tertiary alicyclic amines) is 1. The Bertz CT molecular complexity index is 797. The van der Waals surface area contributed by atoms with Gasteiger partial charge in [0, 0.05) is 18.8 Å². The number of para-hydroxylation sites is 1. The molecule has 1 aromatic carbocycles. The topological polar surface area (TPSA) is 84.0 Å². The summed E-state index contributed by atoms with van der Waals surface area (Å²) in [5, 5.41) is 0. The molecular formula is C21H24N2O5. The first-order valence-electron chi connectivity index (χ1n) is 9.95. The molecule has 2 fully saturated rings. The summed E-state index contributed by atoms with van der Waals surface area (Å²) in [6.45, 7) is 0.278. The van der Waals surface area contributed by atoms with E-state index in [-0.39, 0.29) is 49.1 Å². The number of rotatable bonds is 5. The maximum absolute atomic E-state index is 12.4. The van der Waals surface area contributed by atoms with Crippen molar-refractivity contribution in [2.75, 3.05) is 24.6 Å². The summed E-state index contributed by atoms with van der Waals surface area (Å²) in [6.07, 6.45) is 4.15. The van der Waals surface area contributed by atoms with E-state index in [1.165, 1.54) is 4.90 Å². The van der Waals surface area contributed by atoms with Crippen LogP contribution in [0.3, 0.4) is 0 Å². The van der Waals surface area contributed by atoms with Gasteiger partial charge in [-0.05, 0) is 30.9 Å². The van der Waals surface area contributed by atoms with Crippen LogP contribution in [0.1, 0.15) is 37.7 Å². The van der Waals surface area contributed by atoms with Crippen LogP contribution >= 0.6 is 0 Å². The second-order valence-electron chi connectivity index (χ2n) is 7.66. The van der Waals surface area contributed by atoms with Crippen LogP contribution < -0.4 is 4.90 Å². The van der Waals surface area contributed by atoms with Crippen LogP contribution in [0.4, 0.5) is 5.69 Å². The summed E-state index contributed by atoms with van der Waals surface area (Å²) < 4.78 is 5.10. The molecule has 148 valence electrons. The lowest BCUT2D eigenvalue weighted by atomic mass is 9.81. The second-order valence-corrected chi connectivity index (χ2v) is 7.66. The van der Waals surface area contributed by atoms with Gasteiger partial charge in [0.25, 0.3) is 5.91 Å². The van der Waals surface area contributed by atoms with E-state index in [0.29, 0.717) is 6.54 Å². The van der Waals surface area contributed by atoms with Crippen LogP contribution in [0, 0.1) is 11.8 Å². The minimum atomic E-state index is -0.573. The van der Waals surface area contributed by atoms with E-state index < -0.39 is 5.97 Å². The van der Waals surface area contributed by atoms with Gasteiger partial charge in [-0.25, -0.2) is 0 Å². The number of fused-ring (bicyclic) bond motifs is 2. The third-order valence-corrected chi connectivity index (χ3v) is 6.02. The number of ether oxygens (including phenoxy) is 1. The van der Waals surface area contributed by atoms with Gasteiger partial charge in [0.1, 0.15) is 0 Å². The van der Waals surface area contributed by atoms with Gasteiger partial charge < -0.3 is 9.64 Å². The number of anilines is 1. The van der Waals surface area contributed by atoms with E-state index in [9.17, 15) is 19.2 Å². The predicted molar refractivity (Wildman–Crippen MR) is 100 cm³/mol. The second kappa shape index (κ2) is 7.73. The summed E-state index contributed by atoms with van der Waals surface area (Å²) >= 11 is 0. The number of amides is 3. The molecule has 1 aliphatic carbocycles. The molecule has 0 unspecified atom stereocenters. The van der Waals surface area contributed by atoms with Crippen LogP contribution in [-0.4, -0.2) is 48.3 Å². The third kappa shape index (κ3) is 3.41. The molecule has 0 spiro atoms. The molecule has 2 aliphatic heterocycles. The monoisotopic (exact) mass is 384 g/mol. The summed E-state index contributed by atoms with van der Waals surface area (Å²) in [5.41, 5.74) is 1.97. The first-order chi connectivity index (χ1) is 13.6. The molecule has 3 amide bonds. The molecule has 7 heteroatoms. The highest BCUT2D eigenvalue weighted by atomic mass is 16.5. The number of hydrogen-bond donors (Lipinski definition) is 0. The van der Waals surface area contributed by atoms with Crippen molar-refractivity contribution >= 4 is 29.4 Å². The highest BCUT2D eigenvalue weighted by Crippen LogP contribution is 2.38. The average molecular weight is 384 g/mol. The minimum Gasteiger partial charge on any atom is -0.455 e. The zero-order chi connectivity index (χ0) is 19.7. The Morgan fingerprint density at radius 2 is 1.71 bits per heavy atom. The number of carbonyl (C=O) groups excluding carboxylic acids is 4. The van der Waals surface area contributed by atoms with Crippen LogP contribution in [0.15, 0.2) is 24.3 Å². The fourth-order valence-corrected chi connectivity index (χ4v) is 4.54. The van der Waals surface area contributed by atoms with Crippen molar-refractivity contribution in [1.82, 2.24) is 4.90 Å². The number of benzene rings is 1. The van der Waals surface area contributed by atoms with Crippen molar-refractivity contribution in [3.63, 3.8) is 0 Å². The number of imide groups is 1. The molecule has 3 aliphatic rings. The van der Waals surface area contributed by atoms with Gasteiger partial charge in [0.2, 0.25) is 11.8 Å². The number of hydrogen-bond acceptors (Lipinski definition) is 5. The van der Waals surface area contributed by atoms with E-state index >= 15 is 0 Å².